The van der Waals surface area contributed by atoms with Gasteiger partial charge in [0.1, 0.15) is 11.6 Å². The number of methoxy groups -OCH3 is 1. The van der Waals surface area contributed by atoms with Gasteiger partial charge in [0.25, 0.3) is 0 Å². The number of carbonyl (C=O) groups excluding carboxylic acids is 1. The van der Waals surface area contributed by atoms with Crippen LogP contribution in [0, 0.1) is 18.8 Å². The lowest BCUT2D eigenvalue weighted by atomic mass is 9.93. The van der Waals surface area contributed by atoms with Gasteiger partial charge in [-0.3, -0.25) is 0 Å². The van der Waals surface area contributed by atoms with E-state index in [0.717, 1.165) is 18.2 Å². The summed E-state index contributed by atoms with van der Waals surface area (Å²) in [5.74, 6) is 2.07. The fraction of sp³-hybridized carbons (Fsp3) is 0.714. The van der Waals surface area contributed by atoms with Gasteiger partial charge < -0.3 is 15.0 Å². The number of esters is 1. The van der Waals surface area contributed by atoms with Crippen molar-refractivity contribution in [3.63, 3.8) is 0 Å². The van der Waals surface area contributed by atoms with E-state index in [9.17, 15) is 4.79 Å². The minimum absolute atomic E-state index is 0.243. The van der Waals surface area contributed by atoms with Gasteiger partial charge in [-0.2, -0.15) is 0 Å². The number of carbonyl (C=O) groups is 1. The van der Waals surface area contributed by atoms with Crippen LogP contribution in [0.4, 0.5) is 5.82 Å². The number of ether oxygens (including phenoxy) is 1. The van der Waals surface area contributed by atoms with Crippen LogP contribution in [0.5, 0.6) is 0 Å². The molecule has 3 atom stereocenters. The summed E-state index contributed by atoms with van der Waals surface area (Å²) < 4.78 is 6.74. The summed E-state index contributed by atoms with van der Waals surface area (Å²) in [4.78, 5) is 15.9. The number of hydrogen-bond acceptors (Lipinski definition) is 4. The lowest BCUT2D eigenvalue weighted by Gasteiger charge is -2.23. The van der Waals surface area contributed by atoms with Crippen molar-refractivity contribution in [2.24, 2.45) is 11.8 Å². The van der Waals surface area contributed by atoms with E-state index < -0.39 is 5.97 Å². The first-order valence-corrected chi connectivity index (χ1v) is 6.93. The van der Waals surface area contributed by atoms with Crippen LogP contribution < -0.4 is 5.73 Å². The molecule has 0 aromatic carbocycles. The molecule has 2 N–H and O–H groups in total. The van der Waals surface area contributed by atoms with Crippen LogP contribution in [0.1, 0.15) is 55.5 Å². The van der Waals surface area contributed by atoms with Crippen LogP contribution in [0.15, 0.2) is 0 Å². The second kappa shape index (κ2) is 5.23. The number of aromatic nitrogens is 2. The molecular formula is C14H23N3O2. The number of nitrogens with two attached hydrogens (primary N) is 1. The molecule has 3 unspecified atom stereocenters. The number of imidazole rings is 1. The van der Waals surface area contributed by atoms with Crippen molar-refractivity contribution < 1.29 is 9.53 Å². The van der Waals surface area contributed by atoms with Crippen molar-refractivity contribution in [2.75, 3.05) is 12.8 Å². The maximum absolute atomic E-state index is 11.6. The molecule has 0 spiro atoms. The first-order valence-electron chi connectivity index (χ1n) is 6.93. The van der Waals surface area contributed by atoms with Crippen molar-refractivity contribution in [3.8, 4) is 0 Å². The third-order valence-electron chi connectivity index (χ3n) is 4.54. The molecule has 0 aliphatic heterocycles. The minimum atomic E-state index is -0.461. The highest BCUT2D eigenvalue weighted by Gasteiger charge is 2.35. The predicted molar refractivity (Wildman–Crippen MR) is 73.9 cm³/mol. The Morgan fingerprint density at radius 1 is 1.53 bits per heavy atom. The molecule has 2 rings (SSSR count). The summed E-state index contributed by atoms with van der Waals surface area (Å²) in [7, 11) is 1.35. The van der Waals surface area contributed by atoms with Gasteiger partial charge in [-0.05, 0) is 31.6 Å². The quantitative estimate of drug-likeness (QED) is 0.853. The highest BCUT2D eigenvalue weighted by atomic mass is 16.5. The summed E-state index contributed by atoms with van der Waals surface area (Å²) in [6.45, 7) is 6.39. The van der Waals surface area contributed by atoms with Crippen LogP contribution in [-0.2, 0) is 4.74 Å². The molecule has 106 valence electrons. The molecule has 1 fully saturated rings. The molecule has 0 saturated heterocycles. The van der Waals surface area contributed by atoms with E-state index in [1.165, 1.54) is 20.0 Å². The number of hydrogen-bond donors (Lipinski definition) is 1. The fourth-order valence-electron chi connectivity index (χ4n) is 3.39. The maximum atomic E-state index is 11.6. The Bertz CT molecular complexity index is 481. The number of anilines is 1. The number of nitrogens with zero attached hydrogens (tertiary/aromatic N) is 2. The average Bonchev–Trinajstić information content (AvgIpc) is 2.89. The highest BCUT2D eigenvalue weighted by Crippen LogP contribution is 2.43. The Morgan fingerprint density at radius 2 is 2.21 bits per heavy atom. The lowest BCUT2D eigenvalue weighted by molar-refractivity contribution is 0.0595. The van der Waals surface area contributed by atoms with Gasteiger partial charge in [-0.25, -0.2) is 9.78 Å². The van der Waals surface area contributed by atoms with E-state index >= 15 is 0 Å². The molecule has 0 bridgehead atoms. The number of nitrogen functional groups attached to an aromatic ring is 1. The molecule has 1 aliphatic rings. The van der Waals surface area contributed by atoms with Crippen LogP contribution in [0.25, 0.3) is 0 Å². The van der Waals surface area contributed by atoms with E-state index in [4.69, 9.17) is 10.5 Å². The van der Waals surface area contributed by atoms with E-state index in [2.05, 4.69) is 18.8 Å². The minimum Gasteiger partial charge on any atom is -0.464 e. The second-order valence-electron chi connectivity index (χ2n) is 5.43. The summed E-state index contributed by atoms with van der Waals surface area (Å²) in [5, 5.41) is 0. The lowest BCUT2D eigenvalue weighted by Crippen LogP contribution is -2.19. The first kappa shape index (κ1) is 13.9. The summed E-state index contributed by atoms with van der Waals surface area (Å²) >= 11 is 0. The normalized spacial score (nSPS) is 26.6. The zero-order valence-corrected chi connectivity index (χ0v) is 12.1. The Labute approximate surface area is 114 Å². The zero-order chi connectivity index (χ0) is 14.2. The average molecular weight is 265 g/mol. The van der Waals surface area contributed by atoms with E-state index in [0.29, 0.717) is 17.8 Å². The standard InChI is InChI=1S/C14H23N3O2/c1-5-10-6-7-11(8(10)2)17-9(3)16-12(13(17)15)14(18)19-4/h8,10-11H,5-7,15H2,1-4H3. The molecule has 0 radical (unpaired) electrons. The molecule has 1 saturated carbocycles. The van der Waals surface area contributed by atoms with Crippen LogP contribution in [0.3, 0.4) is 0 Å². The third-order valence-corrected chi connectivity index (χ3v) is 4.54. The van der Waals surface area contributed by atoms with Crippen molar-refractivity contribution in [1.82, 2.24) is 9.55 Å². The topological polar surface area (TPSA) is 70.1 Å². The van der Waals surface area contributed by atoms with Crippen molar-refractivity contribution in [1.29, 1.82) is 0 Å². The highest BCUT2D eigenvalue weighted by molar-refractivity contribution is 5.92. The molecular weight excluding hydrogens is 242 g/mol. The molecule has 1 heterocycles. The second-order valence-corrected chi connectivity index (χ2v) is 5.43. The van der Waals surface area contributed by atoms with Crippen molar-refractivity contribution in [2.45, 2.75) is 46.1 Å². The van der Waals surface area contributed by atoms with Gasteiger partial charge in [0.2, 0.25) is 0 Å². The zero-order valence-electron chi connectivity index (χ0n) is 12.1. The van der Waals surface area contributed by atoms with Crippen molar-refractivity contribution in [3.05, 3.63) is 11.5 Å². The largest absolute Gasteiger partial charge is 0.464 e. The Hall–Kier alpha value is -1.52. The molecule has 1 aromatic rings. The van der Waals surface area contributed by atoms with Gasteiger partial charge in [0.15, 0.2) is 5.69 Å². The Morgan fingerprint density at radius 3 is 2.74 bits per heavy atom. The van der Waals surface area contributed by atoms with Gasteiger partial charge in [-0.1, -0.05) is 20.3 Å². The number of aryl methyl sites for hydroxylation is 1. The van der Waals surface area contributed by atoms with E-state index in [-0.39, 0.29) is 5.69 Å². The first-order chi connectivity index (χ1) is 9.01. The Balaban J connectivity index is 2.36. The molecule has 0 amide bonds. The number of rotatable bonds is 3. The van der Waals surface area contributed by atoms with E-state index in [1.54, 1.807) is 0 Å². The van der Waals surface area contributed by atoms with Crippen LogP contribution in [-0.4, -0.2) is 22.6 Å². The molecule has 5 nitrogen and oxygen atoms in total. The van der Waals surface area contributed by atoms with E-state index in [1.807, 2.05) is 11.5 Å². The summed E-state index contributed by atoms with van der Waals surface area (Å²) in [6, 6.07) is 0.343. The smallest absolute Gasteiger partial charge is 0.360 e. The van der Waals surface area contributed by atoms with Gasteiger partial charge in [0, 0.05) is 6.04 Å². The van der Waals surface area contributed by atoms with Crippen molar-refractivity contribution >= 4 is 11.8 Å². The maximum Gasteiger partial charge on any atom is 0.360 e. The predicted octanol–water partition coefficient (Wildman–Crippen LogP) is 2.56. The summed E-state index contributed by atoms with van der Waals surface area (Å²) in [6.07, 6.45) is 3.50. The van der Waals surface area contributed by atoms with Gasteiger partial charge in [-0.15, -0.1) is 0 Å². The van der Waals surface area contributed by atoms with Gasteiger partial charge >= 0.3 is 5.97 Å². The third kappa shape index (κ3) is 2.22. The van der Waals surface area contributed by atoms with Crippen LogP contribution >= 0.6 is 0 Å². The monoisotopic (exact) mass is 265 g/mol. The SMILES string of the molecule is CCC1CCC(n2c(C)nc(C(=O)OC)c2N)C1C. The molecule has 5 heteroatoms. The van der Waals surface area contributed by atoms with Gasteiger partial charge in [0.05, 0.1) is 7.11 Å². The molecule has 1 aliphatic carbocycles. The molecule has 19 heavy (non-hydrogen) atoms. The van der Waals surface area contributed by atoms with Crippen LogP contribution in [0.2, 0.25) is 0 Å². The fourth-order valence-corrected chi connectivity index (χ4v) is 3.39. The summed E-state index contributed by atoms with van der Waals surface area (Å²) in [5.41, 5.74) is 6.35. The molecule has 1 aromatic heterocycles. The Kier molecular flexibility index (Phi) is 3.83.